The van der Waals surface area contributed by atoms with E-state index in [0.29, 0.717) is 5.56 Å². The number of carbonyl (C=O) groups excluding carboxylic acids is 3. The first-order valence-electron chi connectivity index (χ1n) is 10.0. The fraction of sp³-hybridized carbons (Fsp3) is 0.455. The summed E-state index contributed by atoms with van der Waals surface area (Å²) in [4.78, 5) is 42.5. The van der Waals surface area contributed by atoms with Crippen LogP contribution in [-0.2, 0) is 30.6 Å². The molecule has 0 aliphatic heterocycles. The molecule has 2 aromatic rings. The van der Waals surface area contributed by atoms with Crippen LogP contribution in [0.15, 0.2) is 40.1 Å². The summed E-state index contributed by atoms with van der Waals surface area (Å²) in [6, 6.07) is 6.30. The van der Waals surface area contributed by atoms with E-state index in [1.165, 1.54) is 42.8 Å². The Kier molecular flexibility index (Phi) is 7.75. The van der Waals surface area contributed by atoms with Crippen LogP contribution in [0.1, 0.15) is 53.0 Å². The number of hydrogen-bond acceptors (Lipinski definition) is 8. The zero-order valence-corrected chi connectivity index (χ0v) is 20.5. The Hall–Kier alpha value is -2.43. The number of Topliss-reactive ketones (excluding diaryl/α,β-unsaturated/α-hetero) is 1. The maximum Gasteiger partial charge on any atom is 0.255 e. The number of carbonyl (C=O) groups is 3. The molecule has 10 heteroatoms. The Morgan fingerprint density at radius 3 is 2.31 bits per heavy atom. The first-order valence-corrected chi connectivity index (χ1v) is 12.5. The number of ketones is 1. The smallest absolute Gasteiger partial charge is 0.255 e. The molecule has 2 amide bonds. The Morgan fingerprint density at radius 1 is 1.12 bits per heavy atom. The zero-order chi connectivity index (χ0) is 24.3. The standard InChI is InChI=1S/C22H29N3O5S2/c1-15(26)9-10-19(27)25(18-13-31-14-24-18)20(28)22(5,23)12-16-7-6-8-17(11-16)32(29,30)21(2,3)4/h6-8,11,13-14H,9-10,12,23H2,1-5H3/t22-/m1/s1. The molecule has 1 aromatic carbocycles. The van der Waals surface area contributed by atoms with Gasteiger partial charge in [0.25, 0.3) is 5.91 Å². The van der Waals surface area contributed by atoms with Crippen molar-refractivity contribution in [2.45, 2.75) is 69.1 Å². The van der Waals surface area contributed by atoms with Gasteiger partial charge in [-0.15, -0.1) is 11.3 Å². The summed E-state index contributed by atoms with van der Waals surface area (Å²) < 4.78 is 24.6. The third-order valence-electron chi connectivity index (χ3n) is 4.87. The van der Waals surface area contributed by atoms with Crippen LogP contribution in [0.2, 0.25) is 0 Å². The number of aromatic nitrogens is 1. The number of sulfone groups is 1. The number of thiazole rings is 1. The molecule has 1 heterocycles. The lowest BCUT2D eigenvalue weighted by Gasteiger charge is -2.30. The lowest BCUT2D eigenvalue weighted by molar-refractivity contribution is -0.130. The average molecular weight is 480 g/mol. The minimum absolute atomic E-state index is 0.0000380. The second-order valence-electron chi connectivity index (χ2n) is 8.94. The van der Waals surface area contributed by atoms with E-state index < -0.39 is 31.9 Å². The third kappa shape index (κ3) is 5.87. The number of nitrogens with two attached hydrogens (primary N) is 1. The Labute approximate surface area is 192 Å². The molecule has 0 bridgehead atoms. The van der Waals surface area contributed by atoms with Crippen LogP contribution in [0.25, 0.3) is 0 Å². The van der Waals surface area contributed by atoms with Crippen LogP contribution >= 0.6 is 11.3 Å². The van der Waals surface area contributed by atoms with Crippen LogP contribution < -0.4 is 10.6 Å². The highest BCUT2D eigenvalue weighted by Crippen LogP contribution is 2.27. The molecule has 2 rings (SSSR count). The van der Waals surface area contributed by atoms with E-state index in [4.69, 9.17) is 5.73 Å². The molecule has 174 valence electrons. The van der Waals surface area contributed by atoms with Crippen molar-refractivity contribution in [1.82, 2.24) is 4.98 Å². The molecule has 1 aromatic heterocycles. The fourth-order valence-electron chi connectivity index (χ4n) is 2.99. The van der Waals surface area contributed by atoms with Gasteiger partial charge in [-0.05, 0) is 58.7 Å². The Morgan fingerprint density at radius 2 is 1.78 bits per heavy atom. The summed E-state index contributed by atoms with van der Waals surface area (Å²) in [5, 5.41) is 1.55. The molecule has 0 saturated carbocycles. The molecular formula is C22H29N3O5S2. The highest BCUT2D eigenvalue weighted by atomic mass is 32.2. The maximum atomic E-state index is 13.3. The zero-order valence-electron chi connectivity index (χ0n) is 18.9. The van der Waals surface area contributed by atoms with E-state index in [2.05, 4.69) is 4.98 Å². The van der Waals surface area contributed by atoms with Gasteiger partial charge in [-0.1, -0.05) is 12.1 Å². The summed E-state index contributed by atoms with van der Waals surface area (Å²) in [5.41, 5.74) is 6.86. The van der Waals surface area contributed by atoms with Gasteiger partial charge in [0.15, 0.2) is 15.7 Å². The first-order chi connectivity index (χ1) is 14.7. The summed E-state index contributed by atoms with van der Waals surface area (Å²) >= 11 is 1.22. The predicted octanol–water partition coefficient (Wildman–Crippen LogP) is 2.90. The molecule has 0 saturated heterocycles. The second-order valence-corrected chi connectivity index (χ2v) is 12.4. The molecule has 2 N–H and O–H groups in total. The maximum absolute atomic E-state index is 13.3. The topological polar surface area (TPSA) is 127 Å². The molecule has 0 spiro atoms. The molecule has 1 atom stereocenters. The van der Waals surface area contributed by atoms with Gasteiger partial charge in [0, 0.05) is 18.2 Å². The third-order valence-corrected chi connectivity index (χ3v) is 7.93. The van der Waals surface area contributed by atoms with E-state index in [0.717, 1.165) is 4.90 Å². The Balaban J connectivity index is 2.35. The lowest BCUT2D eigenvalue weighted by Crippen LogP contribution is -2.56. The number of rotatable bonds is 8. The Bertz CT molecular complexity index is 1100. The summed E-state index contributed by atoms with van der Waals surface area (Å²) in [6.07, 6.45) is -0.144. The largest absolute Gasteiger partial charge is 0.317 e. The van der Waals surface area contributed by atoms with Crippen LogP contribution in [0.5, 0.6) is 0 Å². The molecule has 8 nitrogen and oxygen atoms in total. The number of amides is 2. The van der Waals surface area contributed by atoms with E-state index in [-0.39, 0.29) is 35.8 Å². The number of benzene rings is 1. The van der Waals surface area contributed by atoms with Crippen molar-refractivity contribution in [1.29, 1.82) is 0 Å². The van der Waals surface area contributed by atoms with Gasteiger partial charge >= 0.3 is 0 Å². The van der Waals surface area contributed by atoms with Gasteiger partial charge in [0.1, 0.15) is 5.78 Å². The van der Waals surface area contributed by atoms with E-state index in [1.807, 2.05) is 0 Å². The van der Waals surface area contributed by atoms with E-state index in [9.17, 15) is 22.8 Å². The molecule has 0 aliphatic carbocycles. The van der Waals surface area contributed by atoms with Gasteiger partial charge in [0.05, 0.1) is 20.7 Å². The molecular weight excluding hydrogens is 450 g/mol. The van der Waals surface area contributed by atoms with Gasteiger partial charge in [-0.3, -0.25) is 9.59 Å². The van der Waals surface area contributed by atoms with E-state index >= 15 is 0 Å². The van der Waals surface area contributed by atoms with Gasteiger partial charge in [-0.25, -0.2) is 18.3 Å². The number of anilines is 1. The highest BCUT2D eigenvalue weighted by Gasteiger charge is 2.38. The van der Waals surface area contributed by atoms with Crippen LogP contribution in [0.4, 0.5) is 5.82 Å². The van der Waals surface area contributed by atoms with E-state index in [1.54, 1.807) is 38.3 Å². The summed E-state index contributed by atoms with van der Waals surface area (Å²) in [7, 11) is -3.59. The SMILES string of the molecule is CC(=O)CCC(=O)N(C(=O)[C@](C)(N)Cc1cccc(S(=O)(=O)C(C)(C)C)c1)c1cscn1. The number of hydrogen-bond donors (Lipinski definition) is 1. The van der Waals surface area contributed by atoms with Gasteiger partial charge in [0.2, 0.25) is 5.91 Å². The minimum atomic E-state index is -3.59. The van der Waals surface area contributed by atoms with Crippen LogP contribution in [-0.4, -0.2) is 41.3 Å². The lowest BCUT2D eigenvalue weighted by atomic mass is 9.92. The van der Waals surface area contributed by atoms with Crippen molar-refractivity contribution in [3.05, 3.63) is 40.7 Å². The number of nitrogens with zero attached hydrogens (tertiary/aromatic N) is 2. The minimum Gasteiger partial charge on any atom is -0.317 e. The monoisotopic (exact) mass is 479 g/mol. The molecule has 0 unspecified atom stereocenters. The van der Waals surface area contributed by atoms with Gasteiger partial charge in [-0.2, -0.15) is 0 Å². The van der Waals surface area contributed by atoms with Crippen molar-refractivity contribution in [3.63, 3.8) is 0 Å². The van der Waals surface area contributed by atoms with Gasteiger partial charge < -0.3 is 10.5 Å². The predicted molar refractivity (Wildman–Crippen MR) is 124 cm³/mol. The number of imide groups is 1. The molecule has 0 fully saturated rings. The van der Waals surface area contributed by atoms with Crippen LogP contribution in [0, 0.1) is 0 Å². The molecule has 0 radical (unpaired) electrons. The first kappa shape index (κ1) is 25.8. The van der Waals surface area contributed by atoms with Crippen molar-refractivity contribution < 1.29 is 22.8 Å². The average Bonchev–Trinajstić information content (AvgIpc) is 3.19. The quantitative estimate of drug-likeness (QED) is 0.616. The highest BCUT2D eigenvalue weighted by molar-refractivity contribution is 7.92. The second kappa shape index (κ2) is 9.60. The van der Waals surface area contributed by atoms with Crippen molar-refractivity contribution in [2.75, 3.05) is 4.90 Å². The normalized spacial score (nSPS) is 13.9. The summed E-state index contributed by atoms with van der Waals surface area (Å²) in [5.74, 6) is -1.27. The summed E-state index contributed by atoms with van der Waals surface area (Å²) in [6.45, 7) is 7.70. The molecule has 32 heavy (non-hydrogen) atoms. The molecule has 0 aliphatic rings. The van der Waals surface area contributed by atoms with Crippen molar-refractivity contribution in [2.24, 2.45) is 5.73 Å². The fourth-order valence-corrected chi connectivity index (χ4v) is 4.78. The van der Waals surface area contributed by atoms with Crippen molar-refractivity contribution in [3.8, 4) is 0 Å². The van der Waals surface area contributed by atoms with Crippen LogP contribution in [0.3, 0.4) is 0 Å². The van der Waals surface area contributed by atoms with Crippen molar-refractivity contribution >= 4 is 44.6 Å².